The van der Waals surface area contributed by atoms with Gasteiger partial charge >= 0.3 is 0 Å². The molecule has 203 valence electrons. The third kappa shape index (κ3) is 5.16. The van der Waals surface area contributed by atoms with E-state index in [1.807, 2.05) is 64.1 Å². The van der Waals surface area contributed by atoms with E-state index in [4.69, 9.17) is 4.42 Å². The minimum Gasteiger partial charge on any atom is -0.512 e. The molecule has 0 saturated heterocycles. The molecule has 6 heteroatoms. The summed E-state index contributed by atoms with van der Waals surface area (Å²) in [5.41, 5.74) is 6.97. The number of fused-ring (bicyclic) bond motifs is 3. The molecule has 3 aromatic carbocycles. The number of benzene rings is 3. The van der Waals surface area contributed by atoms with Crippen LogP contribution < -0.4 is 0 Å². The van der Waals surface area contributed by atoms with Crippen LogP contribution >= 0.6 is 0 Å². The minimum atomic E-state index is 0. The normalized spacial score (nSPS) is 12.1. The maximum absolute atomic E-state index is 11.7. The van der Waals surface area contributed by atoms with E-state index in [0.717, 1.165) is 75.3 Å². The minimum absolute atomic E-state index is 0. The standard InChI is InChI=1S/C20H9N2O.C13H24O2.Ir/c1-2-5-13-11(4-1)12-6-3-7-15-17(12)19-16(23-15)9-8-14-18(19)20(13)22-10-21-14;1-5-10(6-2)12(14)9-13(15)11(7-3)8-4;/h1-4,6-10H;9-11,14H,5-8H2,1-4H3;/q-1;;/b;12-9-;. The Hall–Kier alpha value is -3.34. The van der Waals surface area contributed by atoms with E-state index in [9.17, 15) is 9.90 Å². The van der Waals surface area contributed by atoms with E-state index >= 15 is 0 Å². The number of ketones is 1. The average molecular weight is 698 g/mol. The third-order valence-electron chi connectivity index (χ3n) is 7.73. The van der Waals surface area contributed by atoms with Gasteiger partial charge in [0.15, 0.2) is 5.78 Å². The monoisotopic (exact) mass is 698 g/mol. The summed E-state index contributed by atoms with van der Waals surface area (Å²) < 4.78 is 6.08. The number of hydrogen-bond donors (Lipinski definition) is 1. The fourth-order valence-corrected chi connectivity index (χ4v) is 5.51. The second kappa shape index (κ2) is 12.2. The number of nitrogens with zero attached hydrogens (tertiary/aromatic N) is 2. The number of allylic oxidation sites excluding steroid dienone is 2. The number of aliphatic hydroxyl groups is 1. The summed E-state index contributed by atoms with van der Waals surface area (Å²) >= 11 is 0. The van der Waals surface area contributed by atoms with Crippen LogP contribution in [0.3, 0.4) is 0 Å². The molecular formula is C33H33IrN2O3-. The van der Waals surface area contributed by atoms with Crippen LogP contribution in [0.5, 0.6) is 0 Å². The number of furan rings is 1. The van der Waals surface area contributed by atoms with Crippen molar-refractivity contribution in [1.82, 2.24) is 9.97 Å². The Kier molecular flexibility index (Phi) is 8.99. The molecular weight excluding hydrogens is 665 g/mol. The molecule has 0 spiro atoms. The Morgan fingerprint density at radius 1 is 0.872 bits per heavy atom. The quantitative estimate of drug-likeness (QED) is 0.103. The van der Waals surface area contributed by atoms with Crippen molar-refractivity contribution in [2.75, 3.05) is 0 Å². The predicted molar refractivity (Wildman–Crippen MR) is 154 cm³/mol. The SMILES string of the molecule is CCC(CC)C(=O)/C=C(\O)C(CC)CC.[Ir].[c-]1cccc2c1-c1ncnc3ccc4oc5cccc-2c5c4c13. The number of aromatic nitrogens is 2. The van der Waals surface area contributed by atoms with Crippen LogP contribution in [0.1, 0.15) is 53.4 Å². The summed E-state index contributed by atoms with van der Waals surface area (Å²) in [4.78, 5) is 20.8. The van der Waals surface area contributed by atoms with Gasteiger partial charge in [0.25, 0.3) is 0 Å². The van der Waals surface area contributed by atoms with Gasteiger partial charge in [-0.1, -0.05) is 45.4 Å². The number of aliphatic hydroxyl groups excluding tert-OH is 1. The Balaban J connectivity index is 0.000000196. The molecule has 0 aliphatic heterocycles. The Morgan fingerprint density at radius 3 is 2.28 bits per heavy atom. The van der Waals surface area contributed by atoms with Crippen molar-refractivity contribution in [1.29, 1.82) is 0 Å². The van der Waals surface area contributed by atoms with Crippen molar-refractivity contribution in [3.05, 3.63) is 72.8 Å². The maximum atomic E-state index is 11.7. The zero-order valence-corrected chi connectivity index (χ0v) is 25.1. The van der Waals surface area contributed by atoms with Crippen molar-refractivity contribution in [2.24, 2.45) is 11.8 Å². The maximum Gasteiger partial charge on any atom is 0.162 e. The van der Waals surface area contributed by atoms with E-state index in [1.54, 1.807) is 6.33 Å². The van der Waals surface area contributed by atoms with Crippen LogP contribution in [0.4, 0.5) is 0 Å². The van der Waals surface area contributed by atoms with E-state index < -0.39 is 0 Å². The molecule has 0 bridgehead atoms. The smallest absolute Gasteiger partial charge is 0.162 e. The average Bonchev–Trinajstić information content (AvgIpc) is 3.27. The molecule has 5 aromatic rings. The fraction of sp³-hybridized carbons (Fsp3) is 0.303. The van der Waals surface area contributed by atoms with E-state index in [1.165, 1.54) is 11.6 Å². The van der Waals surface area contributed by atoms with Gasteiger partial charge in [0.05, 0.1) is 11.3 Å². The van der Waals surface area contributed by atoms with E-state index in [-0.39, 0.29) is 43.5 Å². The molecule has 0 amide bonds. The first-order chi connectivity index (χ1) is 18.5. The molecule has 2 heterocycles. The van der Waals surface area contributed by atoms with Crippen molar-refractivity contribution < 1.29 is 34.4 Å². The molecule has 39 heavy (non-hydrogen) atoms. The van der Waals surface area contributed by atoms with E-state index in [2.05, 4.69) is 28.2 Å². The number of carbonyl (C=O) groups excluding carboxylic acids is 1. The topological polar surface area (TPSA) is 76.2 Å². The Morgan fingerprint density at radius 2 is 1.56 bits per heavy atom. The fourth-order valence-electron chi connectivity index (χ4n) is 5.51. The summed E-state index contributed by atoms with van der Waals surface area (Å²) in [6.45, 7) is 8.07. The Labute approximate surface area is 242 Å². The zero-order valence-electron chi connectivity index (χ0n) is 22.7. The summed E-state index contributed by atoms with van der Waals surface area (Å²) in [5, 5.41) is 13.1. The summed E-state index contributed by atoms with van der Waals surface area (Å²) in [5.74, 6) is 0.547. The first kappa shape index (κ1) is 28.7. The molecule has 0 fully saturated rings. The summed E-state index contributed by atoms with van der Waals surface area (Å²) in [6.07, 6.45) is 6.53. The number of carbonyl (C=O) groups is 1. The second-order valence-corrected chi connectivity index (χ2v) is 9.79. The van der Waals surface area contributed by atoms with Crippen LogP contribution in [0, 0.1) is 17.9 Å². The summed E-state index contributed by atoms with van der Waals surface area (Å²) in [6, 6.07) is 19.7. The number of hydrogen-bond acceptors (Lipinski definition) is 5. The van der Waals surface area contributed by atoms with Crippen molar-refractivity contribution in [2.45, 2.75) is 53.4 Å². The van der Waals surface area contributed by atoms with Gasteiger partial charge < -0.3 is 9.52 Å². The molecule has 5 nitrogen and oxygen atoms in total. The van der Waals surface area contributed by atoms with Gasteiger partial charge in [-0.2, -0.15) is 0 Å². The van der Waals surface area contributed by atoms with Gasteiger partial charge in [-0.15, -0.1) is 29.8 Å². The van der Waals surface area contributed by atoms with E-state index in [0.29, 0.717) is 0 Å². The zero-order chi connectivity index (χ0) is 26.8. The molecule has 0 unspecified atom stereocenters. The molecule has 1 aliphatic carbocycles. The molecule has 1 radical (unpaired) electrons. The van der Waals surface area contributed by atoms with Gasteiger partial charge in [-0.25, -0.2) is 4.98 Å². The first-order valence-corrected chi connectivity index (χ1v) is 13.6. The molecule has 6 rings (SSSR count). The van der Waals surface area contributed by atoms with Crippen LogP contribution in [0.15, 0.2) is 71.1 Å². The van der Waals surface area contributed by atoms with Crippen LogP contribution in [0.25, 0.3) is 55.2 Å². The Bertz CT molecular complexity index is 1640. The van der Waals surface area contributed by atoms with Gasteiger partial charge in [0.1, 0.15) is 17.5 Å². The largest absolute Gasteiger partial charge is 0.512 e. The van der Waals surface area contributed by atoms with Crippen LogP contribution in [-0.2, 0) is 24.9 Å². The van der Waals surface area contributed by atoms with Gasteiger partial charge in [0, 0.05) is 54.5 Å². The van der Waals surface area contributed by atoms with Crippen molar-refractivity contribution in [3.8, 4) is 22.4 Å². The molecule has 1 aliphatic rings. The van der Waals surface area contributed by atoms with Crippen LogP contribution in [-0.4, -0.2) is 20.9 Å². The third-order valence-corrected chi connectivity index (χ3v) is 7.73. The second-order valence-electron chi connectivity index (χ2n) is 9.79. The molecule has 1 N–H and O–H groups in total. The van der Waals surface area contributed by atoms with Gasteiger partial charge in [-0.3, -0.25) is 9.78 Å². The van der Waals surface area contributed by atoms with Crippen LogP contribution in [0.2, 0.25) is 0 Å². The predicted octanol–water partition coefficient (Wildman–Crippen LogP) is 8.84. The first-order valence-electron chi connectivity index (χ1n) is 13.6. The van der Waals surface area contributed by atoms with Gasteiger partial charge in [0.2, 0.25) is 0 Å². The van der Waals surface area contributed by atoms with Crippen molar-refractivity contribution >= 4 is 38.6 Å². The van der Waals surface area contributed by atoms with Crippen molar-refractivity contribution in [3.63, 3.8) is 0 Å². The summed E-state index contributed by atoms with van der Waals surface area (Å²) in [7, 11) is 0. The molecule has 0 saturated carbocycles. The molecule has 0 atom stereocenters. The van der Waals surface area contributed by atoms with Gasteiger partial charge in [-0.05, 0) is 54.8 Å². The molecule has 2 aromatic heterocycles. The number of rotatable bonds is 7.